The number of hydrogen-bond donors (Lipinski definition) is 1. The van der Waals surface area contributed by atoms with E-state index in [1.165, 1.54) is 55.0 Å². The van der Waals surface area contributed by atoms with Crippen molar-refractivity contribution in [2.75, 3.05) is 7.15 Å². The number of aromatic amines is 1. The van der Waals surface area contributed by atoms with Crippen LogP contribution >= 0.6 is 15.9 Å². The Balaban J connectivity index is 0.000000135. The fourth-order valence-electron chi connectivity index (χ4n) is 6.40. The highest BCUT2D eigenvalue weighted by molar-refractivity contribution is 9.10. The molecule has 10 aromatic rings. The van der Waals surface area contributed by atoms with Crippen LogP contribution in [-0.2, 0) is 0 Å². The molecule has 0 spiro atoms. The average Bonchev–Trinajstić information content (AvgIpc) is 4.03. The smallest absolute Gasteiger partial charge is 0.0991 e. The predicted octanol–water partition coefficient (Wildman–Crippen LogP) is 11.5. The van der Waals surface area contributed by atoms with Gasteiger partial charge in [0.25, 0.3) is 0 Å². The van der Waals surface area contributed by atoms with Gasteiger partial charge in [0.1, 0.15) is 0 Å². The monoisotopic (exact) mass is 733 g/mol. The minimum absolute atomic E-state index is 1.00. The average molecular weight is 735 g/mol. The van der Waals surface area contributed by atoms with Gasteiger partial charge in [0, 0.05) is 67.9 Å². The van der Waals surface area contributed by atoms with E-state index in [2.05, 4.69) is 173 Å². The maximum Gasteiger partial charge on any atom is 0.0991 e. The van der Waals surface area contributed by atoms with Crippen LogP contribution in [0.3, 0.4) is 0 Å². The van der Waals surface area contributed by atoms with Gasteiger partial charge in [-0.2, -0.15) is 0 Å². The molecule has 250 valence electrons. The molecule has 51 heavy (non-hydrogen) atoms. The zero-order valence-electron chi connectivity index (χ0n) is 28.5. The zero-order chi connectivity index (χ0) is 35.7. The molecule has 4 heterocycles. The van der Waals surface area contributed by atoms with E-state index in [1.54, 1.807) is 24.9 Å². The van der Waals surface area contributed by atoms with E-state index in [0.29, 0.717) is 0 Å². The summed E-state index contributed by atoms with van der Waals surface area (Å²) in [6.45, 7) is 0. The molecule has 0 unspecified atom stereocenters. The van der Waals surface area contributed by atoms with Gasteiger partial charge in [-0.1, -0.05) is 101 Å². The Labute approximate surface area is 304 Å². The zero-order valence-corrected chi connectivity index (χ0v) is 29.1. The Morgan fingerprint density at radius 3 is 1.61 bits per heavy atom. The van der Waals surface area contributed by atoms with Crippen molar-refractivity contribution in [1.82, 2.24) is 28.7 Å². The maximum absolute atomic E-state index is 9.96. The SMILES string of the molecule is Brc1ccc2c3ccccc3n(-c3ccccc3)c2c1.[2H]CF.c1c[nH]cn1.c1ccc(-n2c3ccccc3c3ccc(-n4ccnc4)cc32)cc1. The quantitative estimate of drug-likeness (QED) is 0.196. The molecular formula is C43H34BrFN6. The third-order valence-corrected chi connectivity index (χ3v) is 9.02. The Morgan fingerprint density at radius 1 is 0.569 bits per heavy atom. The summed E-state index contributed by atoms with van der Waals surface area (Å²) in [7, 11) is -1.00. The highest BCUT2D eigenvalue weighted by Crippen LogP contribution is 2.34. The first-order chi connectivity index (χ1) is 25.7. The van der Waals surface area contributed by atoms with Gasteiger partial charge in [0.05, 0.1) is 43.2 Å². The molecule has 0 radical (unpaired) electrons. The van der Waals surface area contributed by atoms with Gasteiger partial charge < -0.3 is 18.7 Å². The summed E-state index contributed by atoms with van der Waals surface area (Å²) < 4.78 is 23.3. The van der Waals surface area contributed by atoms with Crippen LogP contribution < -0.4 is 0 Å². The van der Waals surface area contributed by atoms with Crippen LogP contribution in [-0.4, -0.2) is 35.8 Å². The highest BCUT2D eigenvalue weighted by Gasteiger charge is 2.13. The number of alkyl halides is 1. The molecule has 8 heteroatoms. The first-order valence-corrected chi connectivity index (χ1v) is 17.1. The van der Waals surface area contributed by atoms with Crippen molar-refractivity contribution < 1.29 is 5.76 Å². The molecule has 6 nitrogen and oxygen atoms in total. The second-order valence-corrected chi connectivity index (χ2v) is 12.4. The van der Waals surface area contributed by atoms with Crippen molar-refractivity contribution in [3.8, 4) is 17.1 Å². The molecule has 0 saturated carbocycles. The molecule has 0 saturated heterocycles. The number of para-hydroxylation sites is 4. The largest absolute Gasteiger partial charge is 0.351 e. The van der Waals surface area contributed by atoms with Gasteiger partial charge >= 0.3 is 0 Å². The Morgan fingerprint density at radius 2 is 1.10 bits per heavy atom. The van der Waals surface area contributed by atoms with Crippen LogP contribution in [0.25, 0.3) is 60.7 Å². The number of nitrogens with one attached hydrogen (secondary N) is 1. The Bertz CT molecular complexity index is 2620. The van der Waals surface area contributed by atoms with Crippen LogP contribution in [0.1, 0.15) is 1.37 Å². The molecule has 6 aromatic carbocycles. The van der Waals surface area contributed by atoms with Crippen molar-refractivity contribution in [1.29, 1.82) is 0 Å². The Hall–Kier alpha value is -6.25. The fourth-order valence-corrected chi connectivity index (χ4v) is 6.75. The summed E-state index contributed by atoms with van der Waals surface area (Å²) in [4.78, 5) is 10.6. The van der Waals surface area contributed by atoms with Crippen LogP contribution in [0, 0.1) is 0 Å². The van der Waals surface area contributed by atoms with Gasteiger partial charge in [-0.25, -0.2) is 9.97 Å². The molecule has 0 bridgehead atoms. The standard InChI is InChI=1S/C21H15N3.C18H12BrN.C3H4N2.CH3F/c1-2-6-16(7-3-1)24-20-9-5-4-8-18(20)19-11-10-17(14-21(19)24)23-13-12-22-15-23;19-13-10-11-16-15-8-4-5-9-17(15)20(18(16)12-13)14-6-2-1-3-7-14;1-2-5-3-4-1;1-2/h1-15H;1-12H;1-3H,(H,4,5);1H3/i;;;1D. The van der Waals surface area contributed by atoms with E-state index in [4.69, 9.17) is 1.37 Å². The van der Waals surface area contributed by atoms with Crippen LogP contribution in [0.4, 0.5) is 4.39 Å². The van der Waals surface area contributed by atoms with E-state index < -0.39 is 7.15 Å². The van der Waals surface area contributed by atoms with Gasteiger partial charge in [-0.15, -0.1) is 0 Å². The van der Waals surface area contributed by atoms with Crippen molar-refractivity contribution in [3.63, 3.8) is 0 Å². The van der Waals surface area contributed by atoms with Gasteiger partial charge in [0.15, 0.2) is 0 Å². The van der Waals surface area contributed by atoms with Gasteiger partial charge in [-0.05, 0) is 60.7 Å². The van der Waals surface area contributed by atoms with Gasteiger partial charge in [-0.3, -0.25) is 4.39 Å². The molecule has 0 atom stereocenters. The van der Waals surface area contributed by atoms with Crippen LogP contribution in [0.15, 0.2) is 188 Å². The lowest BCUT2D eigenvalue weighted by molar-refractivity contribution is 0.636. The molecule has 0 amide bonds. The molecule has 4 aromatic heterocycles. The number of nitrogens with zero attached hydrogens (tertiary/aromatic N) is 5. The molecule has 1 N–H and O–H groups in total. The van der Waals surface area contributed by atoms with Crippen molar-refractivity contribution in [2.45, 2.75) is 0 Å². The van der Waals surface area contributed by atoms with Crippen LogP contribution in [0.5, 0.6) is 0 Å². The normalized spacial score (nSPS) is 10.9. The molecular weight excluding hydrogens is 699 g/mol. The topological polar surface area (TPSA) is 56.4 Å². The number of rotatable bonds is 3. The molecule has 10 rings (SSSR count). The molecule has 0 fully saturated rings. The maximum atomic E-state index is 9.96. The number of H-pyrrole nitrogens is 1. The summed E-state index contributed by atoms with van der Waals surface area (Å²) >= 11 is 3.58. The van der Waals surface area contributed by atoms with E-state index in [0.717, 1.165) is 10.2 Å². The van der Waals surface area contributed by atoms with E-state index >= 15 is 0 Å². The summed E-state index contributed by atoms with van der Waals surface area (Å²) in [6.07, 6.45) is 10.7. The summed E-state index contributed by atoms with van der Waals surface area (Å²) in [5, 5.41) is 5.11. The second-order valence-electron chi connectivity index (χ2n) is 11.5. The number of imidazole rings is 2. The Kier molecular flexibility index (Phi) is 9.74. The minimum Gasteiger partial charge on any atom is -0.351 e. The number of hydrogen-bond acceptors (Lipinski definition) is 2. The van der Waals surface area contributed by atoms with Crippen LogP contribution in [0.2, 0.25) is 0 Å². The number of fused-ring (bicyclic) bond motifs is 6. The summed E-state index contributed by atoms with van der Waals surface area (Å²) in [6, 6.07) is 51.2. The molecule has 0 aliphatic rings. The van der Waals surface area contributed by atoms with Crippen molar-refractivity contribution in [2.24, 2.45) is 0 Å². The number of aromatic nitrogens is 6. The molecule has 0 aliphatic carbocycles. The minimum atomic E-state index is -1.00. The first-order valence-electron chi connectivity index (χ1n) is 17.0. The van der Waals surface area contributed by atoms with E-state index in [1.807, 2.05) is 29.2 Å². The predicted molar refractivity (Wildman–Crippen MR) is 212 cm³/mol. The number of benzene rings is 6. The van der Waals surface area contributed by atoms with Gasteiger partial charge in [0.2, 0.25) is 0 Å². The van der Waals surface area contributed by atoms with Crippen molar-refractivity contribution >= 4 is 59.5 Å². The van der Waals surface area contributed by atoms with Crippen molar-refractivity contribution in [3.05, 3.63) is 188 Å². The van der Waals surface area contributed by atoms with E-state index in [-0.39, 0.29) is 0 Å². The third kappa shape index (κ3) is 6.82. The highest BCUT2D eigenvalue weighted by atomic mass is 79.9. The lowest BCUT2D eigenvalue weighted by Gasteiger charge is -2.08. The second kappa shape index (κ2) is 15.5. The molecule has 0 aliphatic heterocycles. The number of halogens is 2. The first kappa shape index (κ1) is 32.0. The summed E-state index contributed by atoms with van der Waals surface area (Å²) in [5.41, 5.74) is 8.37. The summed E-state index contributed by atoms with van der Waals surface area (Å²) in [5.74, 6) is 0. The fraction of sp³-hybridized carbons (Fsp3) is 0.0233. The lowest BCUT2D eigenvalue weighted by atomic mass is 10.1. The lowest BCUT2D eigenvalue weighted by Crippen LogP contribution is -1.95. The third-order valence-electron chi connectivity index (χ3n) is 8.53. The van der Waals surface area contributed by atoms with E-state index in [9.17, 15) is 4.39 Å².